The van der Waals surface area contributed by atoms with E-state index in [1.54, 1.807) is 0 Å². The molecule has 17 heavy (non-hydrogen) atoms. The third-order valence-corrected chi connectivity index (χ3v) is 3.39. The number of amides is 1. The van der Waals surface area contributed by atoms with E-state index < -0.39 is 0 Å². The number of rotatable bonds is 7. The maximum Gasteiger partial charge on any atom is 0.227 e. The van der Waals surface area contributed by atoms with Crippen molar-refractivity contribution in [2.75, 3.05) is 32.8 Å². The number of carbonyl (C=O) groups is 1. The monoisotopic (exact) mass is 242 g/mol. The summed E-state index contributed by atoms with van der Waals surface area (Å²) in [5.41, 5.74) is -0.182. The molecule has 100 valence electrons. The topological polar surface area (TPSA) is 50.4 Å². The summed E-state index contributed by atoms with van der Waals surface area (Å²) in [6.07, 6.45) is 1.85. The predicted octanol–water partition coefficient (Wildman–Crippen LogP) is 1.16. The molecule has 0 saturated carbocycles. The van der Waals surface area contributed by atoms with Gasteiger partial charge in [0.25, 0.3) is 0 Å². The minimum atomic E-state index is -0.182. The van der Waals surface area contributed by atoms with Gasteiger partial charge in [0.1, 0.15) is 0 Å². The van der Waals surface area contributed by atoms with Gasteiger partial charge in [0, 0.05) is 19.7 Å². The second-order valence-electron chi connectivity index (χ2n) is 5.29. The van der Waals surface area contributed by atoms with Gasteiger partial charge in [0.15, 0.2) is 0 Å². The van der Waals surface area contributed by atoms with E-state index in [0.29, 0.717) is 19.1 Å². The van der Waals surface area contributed by atoms with E-state index in [1.807, 2.05) is 0 Å². The van der Waals surface area contributed by atoms with Crippen molar-refractivity contribution < 1.29 is 9.53 Å². The van der Waals surface area contributed by atoms with Crippen LogP contribution >= 0.6 is 0 Å². The van der Waals surface area contributed by atoms with Crippen LogP contribution in [0.4, 0.5) is 0 Å². The lowest BCUT2D eigenvalue weighted by Crippen LogP contribution is -2.43. The third kappa shape index (κ3) is 4.28. The summed E-state index contributed by atoms with van der Waals surface area (Å²) < 4.78 is 5.44. The summed E-state index contributed by atoms with van der Waals surface area (Å²) >= 11 is 0. The molecule has 1 aliphatic heterocycles. The number of hydrogen-bond donors (Lipinski definition) is 2. The van der Waals surface area contributed by atoms with Crippen LogP contribution in [0, 0.1) is 11.3 Å². The smallest absolute Gasteiger partial charge is 0.227 e. The van der Waals surface area contributed by atoms with Crippen molar-refractivity contribution >= 4 is 5.91 Å². The summed E-state index contributed by atoms with van der Waals surface area (Å²) in [4.78, 5) is 12.1. The first kappa shape index (κ1) is 14.5. The van der Waals surface area contributed by atoms with Crippen LogP contribution in [-0.2, 0) is 9.53 Å². The number of carbonyl (C=O) groups excluding carboxylic acids is 1. The standard InChI is InChI=1S/C13H26N2O2/c1-4-13(5-6-14-10-13)12(16)15-7-8-17-9-11(2)3/h11,14H,4-10H2,1-3H3,(H,15,16). The predicted molar refractivity (Wildman–Crippen MR) is 68.9 cm³/mol. The summed E-state index contributed by atoms with van der Waals surface area (Å²) in [5, 5.41) is 6.26. The number of nitrogens with one attached hydrogen (secondary N) is 2. The van der Waals surface area contributed by atoms with Gasteiger partial charge in [-0.25, -0.2) is 0 Å². The van der Waals surface area contributed by atoms with Crippen molar-refractivity contribution in [3.05, 3.63) is 0 Å². The Bertz CT molecular complexity index is 236. The lowest BCUT2D eigenvalue weighted by Gasteiger charge is -2.25. The second kappa shape index (κ2) is 6.97. The van der Waals surface area contributed by atoms with Crippen LogP contribution in [0.15, 0.2) is 0 Å². The molecular formula is C13H26N2O2. The van der Waals surface area contributed by atoms with E-state index in [-0.39, 0.29) is 11.3 Å². The summed E-state index contributed by atoms with van der Waals surface area (Å²) in [5.74, 6) is 0.727. The Morgan fingerprint density at radius 1 is 1.53 bits per heavy atom. The molecule has 0 aromatic rings. The molecule has 4 nitrogen and oxygen atoms in total. The molecule has 1 heterocycles. The summed E-state index contributed by atoms with van der Waals surface area (Å²) in [6.45, 7) is 10.1. The van der Waals surface area contributed by atoms with Gasteiger partial charge in [0.2, 0.25) is 5.91 Å². The Morgan fingerprint density at radius 3 is 2.82 bits per heavy atom. The average molecular weight is 242 g/mol. The highest BCUT2D eigenvalue weighted by Gasteiger charge is 2.38. The van der Waals surface area contributed by atoms with Gasteiger partial charge >= 0.3 is 0 Å². The molecule has 4 heteroatoms. The fourth-order valence-electron chi connectivity index (χ4n) is 2.14. The van der Waals surface area contributed by atoms with E-state index in [1.165, 1.54) is 0 Å². The maximum atomic E-state index is 12.1. The first-order chi connectivity index (χ1) is 8.10. The zero-order valence-electron chi connectivity index (χ0n) is 11.3. The van der Waals surface area contributed by atoms with Crippen molar-refractivity contribution in [2.45, 2.75) is 33.6 Å². The number of ether oxygens (including phenoxy) is 1. The van der Waals surface area contributed by atoms with E-state index in [4.69, 9.17) is 4.74 Å². The largest absolute Gasteiger partial charge is 0.379 e. The van der Waals surface area contributed by atoms with Gasteiger partial charge in [-0.1, -0.05) is 20.8 Å². The highest BCUT2D eigenvalue weighted by atomic mass is 16.5. The first-order valence-corrected chi connectivity index (χ1v) is 6.67. The molecule has 1 aliphatic rings. The maximum absolute atomic E-state index is 12.1. The van der Waals surface area contributed by atoms with Gasteiger partial charge < -0.3 is 15.4 Å². The molecule has 1 atom stereocenters. The van der Waals surface area contributed by atoms with Crippen molar-refractivity contribution in [1.82, 2.24) is 10.6 Å². The van der Waals surface area contributed by atoms with Gasteiger partial charge in [-0.15, -0.1) is 0 Å². The molecule has 0 spiro atoms. The van der Waals surface area contributed by atoms with Gasteiger partial charge in [-0.2, -0.15) is 0 Å². The minimum absolute atomic E-state index is 0.179. The molecule has 1 saturated heterocycles. The molecule has 1 amide bonds. The molecule has 0 bridgehead atoms. The van der Waals surface area contributed by atoms with Gasteiger partial charge in [-0.05, 0) is 25.3 Å². The van der Waals surface area contributed by atoms with E-state index in [2.05, 4.69) is 31.4 Å². The van der Waals surface area contributed by atoms with Crippen molar-refractivity contribution in [3.8, 4) is 0 Å². The summed E-state index contributed by atoms with van der Waals surface area (Å²) in [6, 6.07) is 0. The molecule has 0 aromatic carbocycles. The molecule has 0 radical (unpaired) electrons. The highest BCUT2D eigenvalue weighted by molar-refractivity contribution is 5.83. The SMILES string of the molecule is CCC1(C(=O)NCCOCC(C)C)CCNC1. The van der Waals surface area contributed by atoms with Crippen LogP contribution in [0.1, 0.15) is 33.6 Å². The Morgan fingerprint density at radius 2 is 2.29 bits per heavy atom. The molecule has 2 N–H and O–H groups in total. The second-order valence-corrected chi connectivity index (χ2v) is 5.29. The molecule has 0 aromatic heterocycles. The third-order valence-electron chi connectivity index (χ3n) is 3.39. The Balaban J connectivity index is 2.20. The van der Waals surface area contributed by atoms with E-state index >= 15 is 0 Å². The van der Waals surface area contributed by atoms with Crippen LogP contribution in [-0.4, -0.2) is 38.8 Å². The van der Waals surface area contributed by atoms with Gasteiger partial charge in [-0.3, -0.25) is 4.79 Å². The fourth-order valence-corrected chi connectivity index (χ4v) is 2.14. The minimum Gasteiger partial charge on any atom is -0.379 e. The van der Waals surface area contributed by atoms with Crippen LogP contribution in [0.3, 0.4) is 0 Å². The Kier molecular flexibility index (Phi) is 5.92. The zero-order valence-corrected chi connectivity index (χ0v) is 11.3. The average Bonchev–Trinajstić information content (AvgIpc) is 2.77. The normalized spacial score (nSPS) is 24.2. The van der Waals surface area contributed by atoms with Crippen molar-refractivity contribution in [2.24, 2.45) is 11.3 Å². The number of hydrogen-bond acceptors (Lipinski definition) is 3. The molecule has 1 rings (SSSR count). The van der Waals surface area contributed by atoms with Crippen LogP contribution in [0.2, 0.25) is 0 Å². The molecule has 1 unspecified atom stereocenters. The summed E-state index contributed by atoms with van der Waals surface area (Å²) in [7, 11) is 0. The lowest BCUT2D eigenvalue weighted by atomic mass is 9.83. The first-order valence-electron chi connectivity index (χ1n) is 6.67. The van der Waals surface area contributed by atoms with Crippen LogP contribution < -0.4 is 10.6 Å². The van der Waals surface area contributed by atoms with Crippen LogP contribution in [0.5, 0.6) is 0 Å². The molecule has 0 aliphatic carbocycles. The quantitative estimate of drug-likeness (QED) is 0.659. The Labute approximate surface area is 104 Å². The van der Waals surface area contributed by atoms with E-state index in [9.17, 15) is 4.79 Å². The Hall–Kier alpha value is -0.610. The van der Waals surface area contributed by atoms with E-state index in [0.717, 1.165) is 32.5 Å². The van der Waals surface area contributed by atoms with Crippen LogP contribution in [0.25, 0.3) is 0 Å². The lowest BCUT2D eigenvalue weighted by molar-refractivity contribution is -0.130. The molecule has 1 fully saturated rings. The van der Waals surface area contributed by atoms with Crippen molar-refractivity contribution in [3.63, 3.8) is 0 Å². The highest BCUT2D eigenvalue weighted by Crippen LogP contribution is 2.29. The zero-order chi connectivity index (χ0) is 12.7. The fraction of sp³-hybridized carbons (Fsp3) is 0.923. The molecular weight excluding hydrogens is 216 g/mol. The van der Waals surface area contributed by atoms with Crippen molar-refractivity contribution in [1.29, 1.82) is 0 Å². The van der Waals surface area contributed by atoms with Gasteiger partial charge in [0.05, 0.1) is 12.0 Å².